The zero-order chi connectivity index (χ0) is 19.0. The molecule has 0 atom stereocenters. The lowest BCUT2D eigenvalue weighted by molar-refractivity contribution is -0.135. The number of aromatic nitrogens is 1. The summed E-state index contributed by atoms with van der Waals surface area (Å²) in [6, 6.07) is 5.63. The van der Waals surface area contributed by atoms with Gasteiger partial charge in [-0.15, -0.1) is 0 Å². The first kappa shape index (κ1) is 17.2. The van der Waals surface area contributed by atoms with Gasteiger partial charge >= 0.3 is 17.9 Å². The summed E-state index contributed by atoms with van der Waals surface area (Å²) in [5, 5.41) is 18.8. The molecule has 1 fully saturated rings. The van der Waals surface area contributed by atoms with Crippen molar-refractivity contribution in [2.75, 3.05) is 5.73 Å². The molecule has 134 valence electrons. The van der Waals surface area contributed by atoms with Crippen LogP contribution in [0, 0.1) is 5.92 Å². The van der Waals surface area contributed by atoms with Crippen molar-refractivity contribution >= 4 is 23.7 Å². The van der Waals surface area contributed by atoms with Gasteiger partial charge in [0.05, 0.1) is 5.92 Å². The average Bonchev–Trinajstić information content (AvgIpc) is 3.38. The van der Waals surface area contributed by atoms with Crippen LogP contribution in [0.1, 0.15) is 33.6 Å². The van der Waals surface area contributed by atoms with Crippen molar-refractivity contribution in [1.29, 1.82) is 0 Å². The molecule has 3 rings (SSSR count). The Hall–Kier alpha value is -3.62. The zero-order valence-corrected chi connectivity index (χ0v) is 13.3. The predicted octanol–water partition coefficient (Wildman–Crippen LogP) is 1.34. The van der Waals surface area contributed by atoms with Crippen LogP contribution in [0.15, 0.2) is 29.1 Å². The molecule has 1 aromatic carbocycles. The summed E-state index contributed by atoms with van der Waals surface area (Å²) in [6.07, 6.45) is 1.49. The van der Waals surface area contributed by atoms with Crippen molar-refractivity contribution in [3.05, 3.63) is 45.7 Å². The molecule has 1 aromatic heterocycles. The van der Waals surface area contributed by atoms with Crippen LogP contribution in [-0.2, 0) is 4.79 Å². The predicted molar refractivity (Wildman–Crippen MR) is 89.2 cm³/mol. The summed E-state index contributed by atoms with van der Waals surface area (Å²) < 4.78 is 5.21. The van der Waals surface area contributed by atoms with E-state index in [1.54, 1.807) is 0 Å². The average molecular weight is 358 g/mol. The minimum Gasteiger partial charge on any atom is -0.478 e. The Morgan fingerprint density at radius 1 is 1.12 bits per heavy atom. The number of rotatable bonds is 5. The Morgan fingerprint density at radius 3 is 2.35 bits per heavy atom. The molecular weight excluding hydrogens is 344 g/mol. The van der Waals surface area contributed by atoms with E-state index in [9.17, 15) is 29.4 Å². The third-order valence-corrected chi connectivity index (χ3v) is 3.92. The van der Waals surface area contributed by atoms with Gasteiger partial charge in [0.15, 0.2) is 0 Å². The SMILES string of the molecule is Nc1[nH]c(=O)c(C(=O)O)c(-c2cccc(OC(=O)C3CC3)c2)c1C(=O)O. The molecule has 1 saturated carbocycles. The number of hydrogen-bond acceptors (Lipinski definition) is 6. The number of esters is 1. The maximum absolute atomic E-state index is 12.0. The number of carboxylic acid groups (broad SMARTS) is 2. The van der Waals surface area contributed by atoms with Crippen LogP contribution in [0.4, 0.5) is 5.82 Å². The van der Waals surface area contributed by atoms with Gasteiger partial charge in [0.25, 0.3) is 5.56 Å². The van der Waals surface area contributed by atoms with Crippen LogP contribution in [0.3, 0.4) is 0 Å². The van der Waals surface area contributed by atoms with Crippen LogP contribution >= 0.6 is 0 Å². The Balaban J connectivity index is 2.19. The molecule has 0 bridgehead atoms. The minimum absolute atomic E-state index is 0.0821. The topological polar surface area (TPSA) is 160 Å². The Morgan fingerprint density at radius 2 is 1.77 bits per heavy atom. The van der Waals surface area contributed by atoms with Gasteiger partial charge in [-0.2, -0.15) is 0 Å². The van der Waals surface area contributed by atoms with Gasteiger partial charge in [0.2, 0.25) is 0 Å². The van der Waals surface area contributed by atoms with Crippen LogP contribution in [0.5, 0.6) is 5.75 Å². The molecule has 0 spiro atoms. The van der Waals surface area contributed by atoms with Crippen LogP contribution in [0.25, 0.3) is 11.1 Å². The van der Waals surface area contributed by atoms with E-state index in [1.165, 1.54) is 24.3 Å². The second-order valence-electron chi connectivity index (χ2n) is 5.83. The normalized spacial score (nSPS) is 13.2. The highest BCUT2D eigenvalue weighted by Gasteiger charge is 2.32. The number of nitrogens with two attached hydrogens (primary N) is 1. The van der Waals surface area contributed by atoms with Gasteiger partial charge in [-0.05, 0) is 30.5 Å². The summed E-state index contributed by atoms with van der Waals surface area (Å²) in [4.78, 5) is 48.9. The van der Waals surface area contributed by atoms with Gasteiger partial charge in [-0.25, -0.2) is 9.59 Å². The van der Waals surface area contributed by atoms with Crippen molar-refractivity contribution in [3.63, 3.8) is 0 Å². The van der Waals surface area contributed by atoms with E-state index in [1.807, 2.05) is 4.98 Å². The van der Waals surface area contributed by atoms with E-state index in [4.69, 9.17) is 10.5 Å². The number of hydrogen-bond donors (Lipinski definition) is 4. The molecule has 1 heterocycles. The molecule has 26 heavy (non-hydrogen) atoms. The number of carbonyl (C=O) groups is 3. The fraction of sp³-hybridized carbons (Fsp3) is 0.176. The molecule has 0 saturated heterocycles. The lowest BCUT2D eigenvalue weighted by atomic mass is 9.95. The number of ether oxygens (including phenoxy) is 1. The number of nitrogens with one attached hydrogen (secondary N) is 1. The summed E-state index contributed by atoms with van der Waals surface area (Å²) in [5.41, 5.74) is 2.97. The van der Waals surface area contributed by atoms with Gasteiger partial charge in [-0.3, -0.25) is 9.59 Å². The molecule has 9 heteroatoms. The number of H-pyrrole nitrogens is 1. The number of aromatic amines is 1. The molecule has 1 aliphatic rings. The molecule has 0 unspecified atom stereocenters. The summed E-state index contributed by atoms with van der Waals surface area (Å²) in [7, 11) is 0. The third kappa shape index (κ3) is 3.14. The molecular formula is C17H14N2O7. The molecule has 2 aromatic rings. The second kappa shape index (κ2) is 6.36. The maximum Gasteiger partial charge on any atom is 0.342 e. The molecule has 5 N–H and O–H groups in total. The van der Waals surface area contributed by atoms with Gasteiger partial charge < -0.3 is 25.7 Å². The van der Waals surface area contributed by atoms with Crippen molar-refractivity contribution in [2.45, 2.75) is 12.8 Å². The fourth-order valence-corrected chi connectivity index (χ4v) is 2.57. The van der Waals surface area contributed by atoms with Crippen molar-refractivity contribution < 1.29 is 29.3 Å². The van der Waals surface area contributed by atoms with E-state index in [0.29, 0.717) is 0 Å². The smallest absolute Gasteiger partial charge is 0.342 e. The van der Waals surface area contributed by atoms with Gasteiger partial charge in [-0.1, -0.05) is 12.1 Å². The molecule has 0 radical (unpaired) electrons. The zero-order valence-electron chi connectivity index (χ0n) is 13.3. The molecule has 0 aliphatic heterocycles. The van der Waals surface area contributed by atoms with Crippen LogP contribution < -0.4 is 16.0 Å². The fourth-order valence-electron chi connectivity index (χ4n) is 2.57. The van der Waals surface area contributed by atoms with Crippen molar-refractivity contribution in [3.8, 4) is 16.9 Å². The Bertz CT molecular complexity index is 989. The van der Waals surface area contributed by atoms with E-state index in [2.05, 4.69) is 0 Å². The number of carboxylic acids is 2. The molecule has 0 amide bonds. The third-order valence-electron chi connectivity index (χ3n) is 3.92. The highest BCUT2D eigenvalue weighted by molar-refractivity contribution is 6.07. The number of anilines is 1. The quantitative estimate of drug-likeness (QED) is 0.460. The number of pyridine rings is 1. The number of carbonyl (C=O) groups excluding carboxylic acids is 1. The maximum atomic E-state index is 12.0. The summed E-state index contributed by atoms with van der Waals surface area (Å²) in [6.45, 7) is 0. The minimum atomic E-state index is -1.61. The Labute approximate surface area is 146 Å². The monoisotopic (exact) mass is 358 g/mol. The van der Waals surface area contributed by atoms with Crippen LogP contribution in [0.2, 0.25) is 0 Å². The molecule has 1 aliphatic carbocycles. The summed E-state index contributed by atoms with van der Waals surface area (Å²) in [5.74, 6) is -4.03. The number of nitrogen functional groups attached to an aromatic ring is 1. The van der Waals surface area contributed by atoms with Gasteiger partial charge in [0.1, 0.15) is 22.7 Å². The van der Waals surface area contributed by atoms with Gasteiger partial charge in [0, 0.05) is 5.56 Å². The largest absolute Gasteiger partial charge is 0.478 e. The van der Waals surface area contributed by atoms with E-state index < -0.39 is 40.4 Å². The highest BCUT2D eigenvalue weighted by atomic mass is 16.5. The van der Waals surface area contributed by atoms with E-state index >= 15 is 0 Å². The number of benzene rings is 1. The van der Waals surface area contributed by atoms with Crippen molar-refractivity contribution in [1.82, 2.24) is 4.98 Å². The summed E-state index contributed by atoms with van der Waals surface area (Å²) >= 11 is 0. The standard InChI is InChI=1S/C17H14N2O7/c18-13-11(15(21)22)10(12(16(23)24)14(20)19-13)8-2-1-3-9(6-8)26-17(25)7-4-5-7/h1-3,6-7H,4-5H2,(H,21,22)(H,23,24)(H3,18,19,20). The first-order valence-corrected chi connectivity index (χ1v) is 7.64. The lowest BCUT2D eigenvalue weighted by Gasteiger charge is -2.13. The second-order valence-corrected chi connectivity index (χ2v) is 5.83. The Kier molecular flexibility index (Phi) is 4.21. The number of aromatic carboxylic acids is 2. The first-order chi connectivity index (χ1) is 12.3. The van der Waals surface area contributed by atoms with Crippen molar-refractivity contribution in [2.24, 2.45) is 5.92 Å². The van der Waals surface area contributed by atoms with E-state index in [-0.39, 0.29) is 22.8 Å². The van der Waals surface area contributed by atoms with Crippen LogP contribution in [-0.4, -0.2) is 33.1 Å². The highest BCUT2D eigenvalue weighted by Crippen LogP contribution is 2.33. The molecule has 9 nitrogen and oxygen atoms in total. The van der Waals surface area contributed by atoms with E-state index in [0.717, 1.165) is 12.8 Å². The first-order valence-electron chi connectivity index (χ1n) is 7.64. The lowest BCUT2D eigenvalue weighted by Crippen LogP contribution is -2.24.